The lowest BCUT2D eigenvalue weighted by molar-refractivity contribution is -0.119. The molecule has 0 aromatic heterocycles. The lowest BCUT2D eigenvalue weighted by Gasteiger charge is -2.08. The zero-order valence-corrected chi connectivity index (χ0v) is 15.4. The number of amides is 1. The fraction of sp³-hybridized carbons (Fsp3) is 0.125. The third kappa shape index (κ3) is 4.85. The topological polar surface area (TPSA) is 89.5 Å². The number of carbonyl (C=O) groups is 2. The first-order valence-electron chi connectivity index (χ1n) is 7.05. The first kappa shape index (κ1) is 20.0. The molecule has 0 atom stereocenters. The van der Waals surface area contributed by atoms with Gasteiger partial charge in [0.2, 0.25) is 9.84 Å². The van der Waals surface area contributed by atoms with Crippen molar-refractivity contribution < 1.29 is 31.5 Å². The van der Waals surface area contributed by atoms with Crippen molar-refractivity contribution in [2.75, 3.05) is 11.9 Å². The second-order valence-electron chi connectivity index (χ2n) is 4.93. The maximum Gasteiger partial charge on any atom is 0.341 e. The van der Waals surface area contributed by atoms with Crippen molar-refractivity contribution in [3.63, 3.8) is 0 Å². The van der Waals surface area contributed by atoms with Crippen LogP contribution in [0, 0.1) is 0 Å². The molecule has 0 saturated carbocycles. The number of benzene rings is 2. The quantitative estimate of drug-likeness (QED) is 0.686. The summed E-state index contributed by atoms with van der Waals surface area (Å²) in [5, 5.41) is 2.53. The van der Waals surface area contributed by atoms with Crippen LogP contribution in [-0.2, 0) is 19.4 Å². The fourth-order valence-electron chi connectivity index (χ4n) is 1.85. The van der Waals surface area contributed by atoms with E-state index in [1.807, 2.05) is 0 Å². The van der Waals surface area contributed by atoms with Crippen LogP contribution in [-0.4, -0.2) is 32.7 Å². The summed E-state index contributed by atoms with van der Waals surface area (Å²) in [5.74, 6) is -5.03. The molecule has 138 valence electrons. The Kier molecular flexibility index (Phi) is 6.43. The SMILES string of the molecule is O=C(COC(=O)c1ccc(S(=O)(=O)C(F)F)cc1)Nc1ccccc1Br. The molecule has 0 bridgehead atoms. The molecule has 0 aliphatic carbocycles. The highest BCUT2D eigenvalue weighted by Gasteiger charge is 2.26. The number of nitrogens with one attached hydrogen (secondary N) is 1. The Hall–Kier alpha value is -2.33. The molecule has 0 fully saturated rings. The molecule has 1 N–H and O–H groups in total. The van der Waals surface area contributed by atoms with Crippen LogP contribution in [0.3, 0.4) is 0 Å². The van der Waals surface area contributed by atoms with Crippen LogP contribution in [0.2, 0.25) is 0 Å². The minimum absolute atomic E-state index is 0.0769. The van der Waals surface area contributed by atoms with Gasteiger partial charge in [-0.15, -0.1) is 0 Å². The van der Waals surface area contributed by atoms with Gasteiger partial charge in [-0.2, -0.15) is 8.78 Å². The summed E-state index contributed by atoms with van der Waals surface area (Å²) in [7, 11) is -4.74. The third-order valence-electron chi connectivity index (χ3n) is 3.14. The van der Waals surface area contributed by atoms with Crippen molar-refractivity contribution in [1.29, 1.82) is 0 Å². The third-order valence-corrected chi connectivity index (χ3v) is 5.23. The number of alkyl halides is 2. The van der Waals surface area contributed by atoms with Crippen LogP contribution >= 0.6 is 15.9 Å². The molecule has 0 spiro atoms. The molecule has 0 saturated heterocycles. The van der Waals surface area contributed by atoms with Crippen molar-refractivity contribution >= 4 is 43.3 Å². The monoisotopic (exact) mass is 447 g/mol. The van der Waals surface area contributed by atoms with Gasteiger partial charge in [-0.3, -0.25) is 4.79 Å². The molecular weight excluding hydrogens is 436 g/mol. The number of ether oxygens (including phenoxy) is 1. The zero-order valence-electron chi connectivity index (χ0n) is 13.0. The van der Waals surface area contributed by atoms with Crippen molar-refractivity contribution in [2.45, 2.75) is 10.7 Å². The van der Waals surface area contributed by atoms with E-state index in [9.17, 15) is 26.8 Å². The molecule has 6 nitrogen and oxygen atoms in total. The van der Waals surface area contributed by atoms with Crippen molar-refractivity contribution in [2.24, 2.45) is 0 Å². The molecule has 26 heavy (non-hydrogen) atoms. The van der Waals surface area contributed by atoms with E-state index in [1.165, 1.54) is 0 Å². The van der Waals surface area contributed by atoms with E-state index in [-0.39, 0.29) is 5.56 Å². The molecule has 10 heteroatoms. The van der Waals surface area contributed by atoms with Crippen molar-refractivity contribution in [3.8, 4) is 0 Å². The fourth-order valence-corrected chi connectivity index (χ4v) is 2.95. The maximum absolute atomic E-state index is 12.4. The molecular formula is C16H12BrF2NO5S. The number of anilines is 1. The van der Waals surface area contributed by atoms with Gasteiger partial charge in [-0.1, -0.05) is 12.1 Å². The van der Waals surface area contributed by atoms with Gasteiger partial charge in [-0.25, -0.2) is 13.2 Å². The standard InChI is InChI=1S/C16H12BrF2NO5S/c17-12-3-1-2-4-13(12)20-14(21)9-25-15(22)10-5-7-11(8-6-10)26(23,24)16(18)19/h1-8,16H,9H2,(H,20,21). The molecule has 0 aliphatic heterocycles. The number of halogens is 3. The predicted octanol–water partition coefficient (Wildman–Crippen LogP) is 3.24. The number of para-hydroxylation sites is 1. The van der Waals surface area contributed by atoms with Crippen LogP contribution < -0.4 is 5.32 Å². The van der Waals surface area contributed by atoms with Crippen molar-refractivity contribution in [1.82, 2.24) is 0 Å². The number of hydrogen-bond acceptors (Lipinski definition) is 5. The first-order valence-corrected chi connectivity index (χ1v) is 9.39. The highest BCUT2D eigenvalue weighted by molar-refractivity contribution is 9.10. The second kappa shape index (κ2) is 8.37. The average Bonchev–Trinajstić information content (AvgIpc) is 2.61. The van der Waals surface area contributed by atoms with E-state index in [2.05, 4.69) is 21.2 Å². The molecule has 1 amide bonds. The van der Waals surface area contributed by atoms with E-state index < -0.39 is 39.0 Å². The average molecular weight is 448 g/mol. The van der Waals surface area contributed by atoms with Crippen LogP contribution in [0.4, 0.5) is 14.5 Å². The first-order chi connectivity index (χ1) is 12.2. The summed E-state index contributed by atoms with van der Waals surface area (Å²) in [6.45, 7) is -0.572. The van der Waals surface area contributed by atoms with Crippen molar-refractivity contribution in [3.05, 3.63) is 58.6 Å². The van der Waals surface area contributed by atoms with Gasteiger partial charge in [0.25, 0.3) is 5.91 Å². The minimum atomic E-state index is -4.74. The highest BCUT2D eigenvalue weighted by atomic mass is 79.9. The Morgan fingerprint density at radius 1 is 1.08 bits per heavy atom. The van der Waals surface area contributed by atoms with Gasteiger partial charge in [-0.05, 0) is 52.3 Å². The normalized spacial score (nSPS) is 11.2. The molecule has 2 aromatic carbocycles. The van der Waals surface area contributed by atoms with E-state index in [4.69, 9.17) is 4.74 Å². The van der Waals surface area contributed by atoms with Gasteiger partial charge >= 0.3 is 11.7 Å². The smallest absolute Gasteiger partial charge is 0.341 e. The Labute approximate surface area is 156 Å². The molecule has 0 unspecified atom stereocenters. The highest BCUT2D eigenvalue weighted by Crippen LogP contribution is 2.21. The maximum atomic E-state index is 12.4. The lowest BCUT2D eigenvalue weighted by Crippen LogP contribution is -2.21. The van der Waals surface area contributed by atoms with Gasteiger partial charge in [0.15, 0.2) is 6.61 Å². The summed E-state index contributed by atoms with van der Waals surface area (Å²) in [4.78, 5) is 23.0. The van der Waals surface area contributed by atoms with Gasteiger partial charge in [0.1, 0.15) is 0 Å². The summed E-state index contributed by atoms with van der Waals surface area (Å²) < 4.78 is 53.0. The van der Waals surface area contributed by atoms with E-state index >= 15 is 0 Å². The molecule has 0 heterocycles. The molecule has 2 rings (SSSR count). The zero-order chi connectivity index (χ0) is 19.3. The molecule has 0 radical (unpaired) electrons. The Bertz CT molecular complexity index is 916. The van der Waals surface area contributed by atoms with Crippen LogP contribution in [0.25, 0.3) is 0 Å². The van der Waals surface area contributed by atoms with E-state index in [1.54, 1.807) is 24.3 Å². The number of sulfone groups is 1. The predicted molar refractivity (Wildman–Crippen MR) is 92.7 cm³/mol. The summed E-state index contributed by atoms with van der Waals surface area (Å²) in [6.07, 6.45) is 0. The Morgan fingerprint density at radius 2 is 1.69 bits per heavy atom. The van der Waals surface area contributed by atoms with E-state index in [0.717, 1.165) is 24.3 Å². The summed E-state index contributed by atoms with van der Waals surface area (Å²) >= 11 is 3.25. The molecule has 2 aromatic rings. The van der Waals surface area contributed by atoms with Crippen LogP contribution in [0.5, 0.6) is 0 Å². The Morgan fingerprint density at radius 3 is 2.27 bits per heavy atom. The van der Waals surface area contributed by atoms with Gasteiger partial charge in [0, 0.05) is 4.47 Å². The number of hydrogen-bond donors (Lipinski definition) is 1. The molecule has 0 aliphatic rings. The Balaban J connectivity index is 1.96. The summed E-state index contributed by atoms with van der Waals surface area (Å²) in [6, 6.07) is 10.6. The lowest BCUT2D eigenvalue weighted by atomic mass is 10.2. The van der Waals surface area contributed by atoms with Crippen LogP contribution in [0.1, 0.15) is 10.4 Å². The largest absolute Gasteiger partial charge is 0.452 e. The second-order valence-corrected chi connectivity index (χ2v) is 7.71. The minimum Gasteiger partial charge on any atom is -0.452 e. The number of rotatable bonds is 6. The number of carbonyl (C=O) groups excluding carboxylic acids is 2. The van der Waals surface area contributed by atoms with Gasteiger partial charge < -0.3 is 10.1 Å². The van der Waals surface area contributed by atoms with E-state index in [0.29, 0.717) is 10.2 Å². The van der Waals surface area contributed by atoms with Crippen LogP contribution in [0.15, 0.2) is 57.9 Å². The summed E-state index contributed by atoms with van der Waals surface area (Å²) in [5.41, 5.74) is 0.419. The van der Waals surface area contributed by atoms with Gasteiger partial charge in [0.05, 0.1) is 16.1 Å². The number of esters is 1.